The van der Waals surface area contributed by atoms with E-state index in [1.807, 2.05) is 27.7 Å². The van der Waals surface area contributed by atoms with Crippen LogP contribution in [0.4, 0.5) is 22.0 Å². The first kappa shape index (κ1) is 18.9. The first-order valence-electron chi connectivity index (χ1n) is 7.86. The van der Waals surface area contributed by atoms with E-state index in [2.05, 4.69) is 0 Å². The van der Waals surface area contributed by atoms with Crippen molar-refractivity contribution in [3.8, 4) is 0 Å². The zero-order valence-corrected chi connectivity index (χ0v) is 13.5. The molecule has 0 aliphatic rings. The molecule has 0 bridgehead atoms. The second-order valence-electron chi connectivity index (χ2n) is 5.66. The highest BCUT2D eigenvalue weighted by Gasteiger charge is 2.36. The normalized spacial score (nSPS) is 12.0. The first-order chi connectivity index (χ1) is 10.3. The molecule has 0 saturated carbocycles. The molecular weight excluding hydrogens is 299 g/mol. The SMILES string of the molecule is CCC(CC)C(c1c(F)c(F)c(F)c(F)c1F)C(CC)CC. The van der Waals surface area contributed by atoms with Crippen LogP contribution in [0.5, 0.6) is 0 Å². The Kier molecular flexibility index (Phi) is 6.82. The molecule has 0 radical (unpaired) electrons. The molecule has 5 heteroatoms. The molecular formula is C17H23F5. The van der Waals surface area contributed by atoms with Crippen LogP contribution in [0.15, 0.2) is 0 Å². The zero-order valence-electron chi connectivity index (χ0n) is 13.5. The molecule has 22 heavy (non-hydrogen) atoms. The third-order valence-corrected chi connectivity index (χ3v) is 4.69. The predicted molar refractivity (Wildman–Crippen MR) is 77.1 cm³/mol. The molecule has 0 nitrogen and oxygen atoms in total. The minimum atomic E-state index is -2.09. The molecule has 0 spiro atoms. The Morgan fingerprint density at radius 1 is 0.545 bits per heavy atom. The van der Waals surface area contributed by atoms with Crippen LogP contribution in [-0.4, -0.2) is 0 Å². The highest BCUT2D eigenvalue weighted by molar-refractivity contribution is 5.28. The van der Waals surface area contributed by atoms with E-state index in [0.717, 1.165) is 0 Å². The molecule has 0 unspecified atom stereocenters. The van der Waals surface area contributed by atoms with Crippen molar-refractivity contribution >= 4 is 0 Å². The Labute approximate surface area is 128 Å². The van der Waals surface area contributed by atoms with Gasteiger partial charge in [-0.05, 0) is 17.8 Å². The van der Waals surface area contributed by atoms with Crippen molar-refractivity contribution < 1.29 is 22.0 Å². The molecule has 0 amide bonds. The summed E-state index contributed by atoms with van der Waals surface area (Å²) in [5, 5.41) is 0. The third-order valence-electron chi connectivity index (χ3n) is 4.69. The minimum absolute atomic E-state index is 0.127. The van der Waals surface area contributed by atoms with Crippen molar-refractivity contribution in [2.45, 2.75) is 59.3 Å². The fourth-order valence-corrected chi connectivity index (χ4v) is 3.36. The van der Waals surface area contributed by atoms with E-state index >= 15 is 0 Å². The van der Waals surface area contributed by atoms with Gasteiger partial charge in [0.05, 0.1) is 0 Å². The largest absolute Gasteiger partial charge is 0.203 e. The molecule has 126 valence electrons. The third kappa shape index (κ3) is 3.28. The molecule has 0 atom stereocenters. The summed E-state index contributed by atoms with van der Waals surface area (Å²) in [7, 11) is 0. The van der Waals surface area contributed by atoms with E-state index in [4.69, 9.17) is 0 Å². The molecule has 1 aromatic rings. The Balaban J connectivity index is 3.62. The highest BCUT2D eigenvalue weighted by Crippen LogP contribution is 2.42. The average molecular weight is 322 g/mol. The van der Waals surface area contributed by atoms with Gasteiger partial charge < -0.3 is 0 Å². The highest BCUT2D eigenvalue weighted by atomic mass is 19.2. The maximum atomic E-state index is 14.2. The van der Waals surface area contributed by atoms with Gasteiger partial charge in [-0.3, -0.25) is 0 Å². The maximum Gasteiger partial charge on any atom is 0.200 e. The van der Waals surface area contributed by atoms with Crippen LogP contribution in [0.3, 0.4) is 0 Å². The Morgan fingerprint density at radius 2 is 0.818 bits per heavy atom. The summed E-state index contributed by atoms with van der Waals surface area (Å²) in [5.74, 6) is -10.1. The summed E-state index contributed by atoms with van der Waals surface area (Å²) < 4.78 is 68.7. The van der Waals surface area contributed by atoms with Gasteiger partial charge in [-0.1, -0.05) is 53.4 Å². The smallest absolute Gasteiger partial charge is 0.200 e. The van der Waals surface area contributed by atoms with Gasteiger partial charge in [0.1, 0.15) is 0 Å². The maximum absolute atomic E-state index is 14.2. The molecule has 0 heterocycles. The van der Waals surface area contributed by atoms with E-state index < -0.39 is 40.6 Å². The summed E-state index contributed by atoms with van der Waals surface area (Å²) >= 11 is 0. The topological polar surface area (TPSA) is 0 Å². The van der Waals surface area contributed by atoms with Gasteiger partial charge in [0.15, 0.2) is 23.3 Å². The monoisotopic (exact) mass is 322 g/mol. The molecule has 1 rings (SSSR count). The standard InChI is InChI=1S/C17H23F5/c1-5-9(6-2)11(10(7-3)8-4)12-13(18)15(20)17(22)16(21)14(12)19/h9-11H,5-8H2,1-4H3. The van der Waals surface area contributed by atoms with Crippen molar-refractivity contribution in [1.82, 2.24) is 0 Å². The van der Waals surface area contributed by atoms with Crippen LogP contribution in [0.1, 0.15) is 64.9 Å². The lowest BCUT2D eigenvalue weighted by molar-refractivity contribution is 0.255. The number of benzene rings is 1. The lowest BCUT2D eigenvalue weighted by Crippen LogP contribution is -2.24. The van der Waals surface area contributed by atoms with Crippen LogP contribution in [-0.2, 0) is 0 Å². The van der Waals surface area contributed by atoms with Gasteiger partial charge in [0.2, 0.25) is 5.82 Å². The molecule has 0 fully saturated rings. The fraction of sp³-hybridized carbons (Fsp3) is 0.647. The summed E-state index contributed by atoms with van der Waals surface area (Å²) in [6.07, 6.45) is 2.49. The van der Waals surface area contributed by atoms with Gasteiger partial charge in [-0.25, -0.2) is 22.0 Å². The predicted octanol–water partition coefficient (Wildman–Crippen LogP) is 6.34. The van der Waals surface area contributed by atoms with Crippen molar-refractivity contribution in [2.24, 2.45) is 11.8 Å². The Hall–Kier alpha value is -1.13. The molecule has 0 aliphatic heterocycles. The second kappa shape index (κ2) is 7.93. The number of hydrogen-bond acceptors (Lipinski definition) is 0. The summed E-state index contributed by atoms with van der Waals surface area (Å²) in [4.78, 5) is 0. The van der Waals surface area contributed by atoms with Crippen molar-refractivity contribution in [2.75, 3.05) is 0 Å². The number of hydrogen-bond donors (Lipinski definition) is 0. The molecule has 1 aromatic carbocycles. The quantitative estimate of drug-likeness (QED) is 0.312. The van der Waals surface area contributed by atoms with Crippen molar-refractivity contribution in [3.63, 3.8) is 0 Å². The molecule has 0 saturated heterocycles. The lowest BCUT2D eigenvalue weighted by Gasteiger charge is -2.33. The van der Waals surface area contributed by atoms with Gasteiger partial charge in [0.25, 0.3) is 0 Å². The molecule has 0 N–H and O–H groups in total. The van der Waals surface area contributed by atoms with E-state index in [1.165, 1.54) is 0 Å². The van der Waals surface area contributed by atoms with Gasteiger partial charge in [-0.2, -0.15) is 0 Å². The fourth-order valence-electron chi connectivity index (χ4n) is 3.36. The minimum Gasteiger partial charge on any atom is -0.203 e. The van der Waals surface area contributed by atoms with E-state index in [-0.39, 0.29) is 11.8 Å². The van der Waals surface area contributed by atoms with Crippen LogP contribution >= 0.6 is 0 Å². The molecule has 0 aromatic heterocycles. The lowest BCUT2D eigenvalue weighted by atomic mass is 9.72. The van der Waals surface area contributed by atoms with Crippen LogP contribution < -0.4 is 0 Å². The van der Waals surface area contributed by atoms with Crippen molar-refractivity contribution in [3.05, 3.63) is 34.6 Å². The van der Waals surface area contributed by atoms with E-state index in [1.54, 1.807) is 0 Å². The summed E-state index contributed by atoms with van der Waals surface area (Å²) in [6, 6.07) is 0. The number of rotatable bonds is 7. The average Bonchev–Trinajstić information content (AvgIpc) is 2.53. The Morgan fingerprint density at radius 3 is 1.09 bits per heavy atom. The summed E-state index contributed by atoms with van der Waals surface area (Å²) in [5.41, 5.74) is -0.640. The van der Waals surface area contributed by atoms with Crippen molar-refractivity contribution in [1.29, 1.82) is 0 Å². The van der Waals surface area contributed by atoms with E-state index in [0.29, 0.717) is 25.7 Å². The van der Waals surface area contributed by atoms with Crippen LogP contribution in [0.25, 0.3) is 0 Å². The van der Waals surface area contributed by atoms with Gasteiger partial charge >= 0.3 is 0 Å². The first-order valence-corrected chi connectivity index (χ1v) is 7.86. The van der Waals surface area contributed by atoms with E-state index in [9.17, 15) is 22.0 Å². The second-order valence-corrected chi connectivity index (χ2v) is 5.66. The van der Waals surface area contributed by atoms with Crippen LogP contribution in [0, 0.1) is 40.9 Å². The van der Waals surface area contributed by atoms with Gasteiger partial charge in [-0.15, -0.1) is 0 Å². The van der Waals surface area contributed by atoms with Gasteiger partial charge in [0, 0.05) is 5.56 Å². The summed E-state index contributed by atoms with van der Waals surface area (Å²) in [6.45, 7) is 7.48. The van der Waals surface area contributed by atoms with Crippen LogP contribution in [0.2, 0.25) is 0 Å². The zero-order chi connectivity index (χ0) is 17.0. The Bertz CT molecular complexity index is 463. The number of halogens is 5. The molecule has 0 aliphatic carbocycles.